The molecule has 0 aliphatic carbocycles. The van der Waals surface area contributed by atoms with Gasteiger partial charge in [0.05, 0.1) is 23.7 Å². The van der Waals surface area contributed by atoms with Crippen molar-refractivity contribution in [2.24, 2.45) is 0 Å². The molecule has 3 N–H and O–H groups in total. The molecule has 200 valence electrons. The van der Waals surface area contributed by atoms with Gasteiger partial charge in [0.2, 0.25) is 0 Å². The summed E-state index contributed by atoms with van der Waals surface area (Å²) in [7, 11) is -2.30. The summed E-state index contributed by atoms with van der Waals surface area (Å²) in [5.74, 6) is -0.355. The van der Waals surface area contributed by atoms with Crippen LogP contribution in [0.1, 0.15) is 42.3 Å². The number of hydrogen-bond acceptors (Lipinski definition) is 6. The number of β-amino-alcohol motifs (C(OH)–C–C–N with tert-alkyl or cyclic N) is 1. The Morgan fingerprint density at radius 1 is 1.03 bits per heavy atom. The van der Waals surface area contributed by atoms with E-state index in [1.807, 2.05) is 24.4 Å². The first-order valence-electron chi connectivity index (χ1n) is 12.4. The summed E-state index contributed by atoms with van der Waals surface area (Å²) < 4.78 is 34.5. The van der Waals surface area contributed by atoms with E-state index in [0.29, 0.717) is 23.4 Å². The van der Waals surface area contributed by atoms with E-state index in [-0.39, 0.29) is 16.4 Å². The second-order valence-corrected chi connectivity index (χ2v) is 11.5. The molecular formula is C29H33N3O5S. The van der Waals surface area contributed by atoms with Crippen molar-refractivity contribution in [3.8, 4) is 0 Å². The third-order valence-corrected chi connectivity index (χ3v) is 7.94. The van der Waals surface area contributed by atoms with E-state index in [0.717, 1.165) is 23.9 Å². The van der Waals surface area contributed by atoms with Gasteiger partial charge in [0.1, 0.15) is 0 Å². The number of methoxy groups -OCH3 is 1. The van der Waals surface area contributed by atoms with E-state index in [9.17, 15) is 18.3 Å². The van der Waals surface area contributed by atoms with Crippen molar-refractivity contribution in [2.45, 2.75) is 43.4 Å². The first-order valence-corrected chi connectivity index (χ1v) is 13.8. The minimum absolute atomic E-state index is 0.189. The molecule has 0 saturated heterocycles. The number of aliphatic hydroxyl groups excluding tert-OH is 1. The number of esters is 1. The van der Waals surface area contributed by atoms with Crippen LogP contribution in [0.25, 0.3) is 10.9 Å². The summed E-state index contributed by atoms with van der Waals surface area (Å²) in [5.41, 5.74) is 2.42. The van der Waals surface area contributed by atoms with Crippen LogP contribution in [0.15, 0.2) is 90.0 Å². The Labute approximate surface area is 223 Å². The number of nitrogens with zero attached hydrogens (tertiary/aromatic N) is 1. The molecule has 9 heteroatoms. The zero-order chi connectivity index (χ0) is 27.3. The molecule has 1 heterocycles. The van der Waals surface area contributed by atoms with Gasteiger partial charge in [-0.1, -0.05) is 30.3 Å². The van der Waals surface area contributed by atoms with Crippen LogP contribution in [0.4, 0.5) is 5.69 Å². The van der Waals surface area contributed by atoms with Gasteiger partial charge >= 0.3 is 5.97 Å². The molecule has 0 bridgehead atoms. The normalized spacial score (nSPS) is 12.8. The number of aryl methyl sites for hydroxylation is 1. The van der Waals surface area contributed by atoms with Gasteiger partial charge in [0.25, 0.3) is 10.0 Å². The van der Waals surface area contributed by atoms with Crippen molar-refractivity contribution in [3.63, 3.8) is 0 Å². The summed E-state index contributed by atoms with van der Waals surface area (Å²) in [6.45, 7) is 5.27. The maximum Gasteiger partial charge on any atom is 0.337 e. The lowest BCUT2D eigenvalue weighted by molar-refractivity contribution is 0.0601. The number of benzene rings is 3. The van der Waals surface area contributed by atoms with E-state index in [4.69, 9.17) is 4.74 Å². The largest absolute Gasteiger partial charge is 0.465 e. The van der Waals surface area contributed by atoms with Gasteiger partial charge in [0, 0.05) is 41.4 Å². The Hall–Kier alpha value is -3.66. The zero-order valence-corrected chi connectivity index (χ0v) is 22.5. The first-order chi connectivity index (χ1) is 18.1. The highest BCUT2D eigenvalue weighted by atomic mass is 32.2. The number of anilines is 1. The number of carbonyl (C=O) groups excluding carboxylic acids is 1. The Morgan fingerprint density at radius 3 is 2.42 bits per heavy atom. The highest BCUT2D eigenvalue weighted by molar-refractivity contribution is 7.92. The van der Waals surface area contributed by atoms with Gasteiger partial charge in [-0.25, -0.2) is 13.2 Å². The zero-order valence-electron chi connectivity index (χ0n) is 21.7. The number of hydrogen-bond donors (Lipinski definition) is 3. The highest BCUT2D eigenvalue weighted by Gasteiger charge is 2.20. The predicted molar refractivity (Wildman–Crippen MR) is 149 cm³/mol. The summed E-state index contributed by atoms with van der Waals surface area (Å²) in [6.07, 6.45) is 2.06. The maximum atomic E-state index is 12.5. The number of nitrogens with one attached hydrogen (secondary N) is 2. The monoisotopic (exact) mass is 535 g/mol. The Bertz CT molecular complexity index is 1500. The van der Waals surface area contributed by atoms with Gasteiger partial charge in [-0.2, -0.15) is 0 Å². The number of aromatic nitrogens is 1. The lowest BCUT2D eigenvalue weighted by atomic mass is 9.99. The molecule has 4 rings (SSSR count). The van der Waals surface area contributed by atoms with E-state index >= 15 is 0 Å². The molecule has 0 saturated carbocycles. The minimum Gasteiger partial charge on any atom is -0.465 e. The quantitative estimate of drug-likeness (QED) is 0.240. The van der Waals surface area contributed by atoms with Crippen LogP contribution < -0.4 is 10.0 Å². The van der Waals surface area contributed by atoms with Gasteiger partial charge in [-0.05, 0) is 74.4 Å². The van der Waals surface area contributed by atoms with Crippen molar-refractivity contribution < 1.29 is 23.1 Å². The molecule has 1 aromatic heterocycles. The molecule has 0 spiro atoms. The smallest absolute Gasteiger partial charge is 0.337 e. The molecular weight excluding hydrogens is 502 g/mol. The molecule has 0 amide bonds. The van der Waals surface area contributed by atoms with Crippen LogP contribution in [-0.4, -0.2) is 43.3 Å². The molecule has 0 aliphatic rings. The number of fused-ring (bicyclic) bond motifs is 1. The summed E-state index contributed by atoms with van der Waals surface area (Å²) in [5, 5.41) is 15.1. The molecule has 8 nitrogen and oxygen atoms in total. The fraction of sp³-hybridized carbons (Fsp3) is 0.276. The fourth-order valence-electron chi connectivity index (χ4n) is 4.21. The molecule has 3 aromatic carbocycles. The SMILES string of the molecule is COC(=O)c1ccc2c(ccn2CCC(C)(C)NCC(O)c2ccc(NS(=O)(=O)c3ccccc3)cc2)c1. The third kappa shape index (κ3) is 6.61. The van der Waals surface area contributed by atoms with Gasteiger partial charge in [-0.15, -0.1) is 0 Å². The number of aliphatic hydroxyl groups is 1. The van der Waals surface area contributed by atoms with Crippen LogP contribution in [0.3, 0.4) is 0 Å². The van der Waals surface area contributed by atoms with Crippen molar-refractivity contribution >= 4 is 32.6 Å². The maximum absolute atomic E-state index is 12.5. The molecule has 4 aromatic rings. The molecule has 1 unspecified atom stereocenters. The number of sulfonamides is 1. The third-order valence-electron chi connectivity index (χ3n) is 6.54. The second-order valence-electron chi connectivity index (χ2n) is 9.85. The first kappa shape index (κ1) is 27.4. The van der Waals surface area contributed by atoms with E-state index in [1.165, 1.54) is 19.2 Å². The summed E-state index contributed by atoms with van der Waals surface area (Å²) in [4.78, 5) is 12.0. The van der Waals surface area contributed by atoms with E-state index in [1.54, 1.807) is 48.5 Å². The second kappa shape index (κ2) is 11.4. The van der Waals surface area contributed by atoms with Crippen LogP contribution in [-0.2, 0) is 21.3 Å². The lowest BCUT2D eigenvalue weighted by Gasteiger charge is -2.28. The molecule has 1 atom stereocenters. The van der Waals surface area contributed by atoms with Crippen molar-refractivity contribution in [1.29, 1.82) is 0 Å². The molecule has 0 fully saturated rings. The van der Waals surface area contributed by atoms with Gasteiger partial charge < -0.3 is 19.7 Å². The summed E-state index contributed by atoms with van der Waals surface area (Å²) >= 11 is 0. The highest BCUT2D eigenvalue weighted by Crippen LogP contribution is 2.22. The average Bonchev–Trinajstić information content (AvgIpc) is 3.33. The fourth-order valence-corrected chi connectivity index (χ4v) is 5.29. The molecule has 38 heavy (non-hydrogen) atoms. The van der Waals surface area contributed by atoms with Crippen molar-refractivity contribution in [1.82, 2.24) is 9.88 Å². The number of carbonyl (C=O) groups is 1. The van der Waals surface area contributed by atoms with Crippen molar-refractivity contribution in [2.75, 3.05) is 18.4 Å². The molecule has 0 radical (unpaired) electrons. The van der Waals surface area contributed by atoms with Crippen molar-refractivity contribution in [3.05, 3.63) is 96.2 Å². The van der Waals surface area contributed by atoms with E-state index in [2.05, 4.69) is 28.5 Å². The van der Waals surface area contributed by atoms with Gasteiger partial charge in [-0.3, -0.25) is 4.72 Å². The van der Waals surface area contributed by atoms with Crippen LogP contribution >= 0.6 is 0 Å². The van der Waals surface area contributed by atoms with E-state index < -0.39 is 16.1 Å². The predicted octanol–water partition coefficient (Wildman–Crippen LogP) is 4.72. The average molecular weight is 536 g/mol. The standard InChI is InChI=1S/C29H33N3O5S/c1-29(2,16-18-32-17-15-22-19-23(28(34)37-3)11-14-26(22)32)30-20-27(33)21-9-12-24(13-10-21)31-38(35,36)25-7-5-4-6-8-25/h4-15,17,19,27,30-31,33H,16,18,20H2,1-3H3. The number of ether oxygens (including phenoxy) is 1. The Balaban J connectivity index is 1.31. The molecule has 0 aliphatic heterocycles. The lowest BCUT2D eigenvalue weighted by Crippen LogP contribution is -2.42. The van der Waals surface area contributed by atoms with Crippen LogP contribution in [0.5, 0.6) is 0 Å². The van der Waals surface area contributed by atoms with Crippen LogP contribution in [0.2, 0.25) is 0 Å². The summed E-state index contributed by atoms with van der Waals surface area (Å²) in [6, 6.07) is 22.4. The minimum atomic E-state index is -3.67. The topological polar surface area (TPSA) is 110 Å². The number of rotatable bonds is 11. The van der Waals surface area contributed by atoms with Crippen LogP contribution in [0, 0.1) is 0 Å². The van der Waals surface area contributed by atoms with Gasteiger partial charge in [0.15, 0.2) is 0 Å². The Morgan fingerprint density at radius 2 is 1.74 bits per heavy atom. The Kier molecular flexibility index (Phi) is 8.20.